The molecule has 1 aliphatic carbocycles. The second-order valence-electron chi connectivity index (χ2n) is 7.20. The first-order valence-electron chi connectivity index (χ1n) is 9.39. The maximum atomic E-state index is 13.2. The van der Waals surface area contributed by atoms with E-state index in [1.165, 1.54) is 0 Å². The van der Waals surface area contributed by atoms with Crippen molar-refractivity contribution in [3.63, 3.8) is 0 Å². The number of benzene rings is 2. The van der Waals surface area contributed by atoms with E-state index in [2.05, 4.69) is 0 Å². The molecular weight excluding hydrogens is 338 g/mol. The highest BCUT2D eigenvalue weighted by Crippen LogP contribution is 2.45. The molecule has 1 unspecified atom stereocenters. The largest absolute Gasteiger partial charge is 0.496 e. The van der Waals surface area contributed by atoms with Crippen LogP contribution in [-0.4, -0.2) is 18.8 Å². The second kappa shape index (κ2) is 7.03. The molecule has 0 saturated heterocycles. The lowest BCUT2D eigenvalue weighted by atomic mass is 9.77. The van der Waals surface area contributed by atoms with E-state index in [9.17, 15) is 9.59 Å². The molecule has 0 N–H and O–H groups in total. The quantitative estimate of drug-likeness (QED) is 0.807. The van der Waals surface area contributed by atoms with Crippen molar-refractivity contribution in [1.29, 1.82) is 0 Å². The molecule has 27 heavy (non-hydrogen) atoms. The fraction of sp³-hybridized carbons (Fsp3) is 0.304. The van der Waals surface area contributed by atoms with Crippen molar-refractivity contribution in [2.45, 2.75) is 38.5 Å². The molecule has 2 aromatic carbocycles. The van der Waals surface area contributed by atoms with Gasteiger partial charge >= 0.3 is 0 Å². The first-order chi connectivity index (χ1) is 13.1. The van der Waals surface area contributed by atoms with Crippen molar-refractivity contribution in [3.8, 4) is 5.75 Å². The number of allylic oxidation sites excluding steroid dienone is 2. The third-order valence-corrected chi connectivity index (χ3v) is 5.48. The summed E-state index contributed by atoms with van der Waals surface area (Å²) in [7, 11) is 1.63. The van der Waals surface area contributed by atoms with Gasteiger partial charge < -0.3 is 4.74 Å². The number of amides is 1. The van der Waals surface area contributed by atoms with Crippen LogP contribution in [0.15, 0.2) is 59.8 Å². The molecule has 138 valence electrons. The summed E-state index contributed by atoms with van der Waals surface area (Å²) in [4.78, 5) is 27.8. The van der Waals surface area contributed by atoms with Crippen LogP contribution in [0.1, 0.15) is 42.7 Å². The molecule has 0 radical (unpaired) electrons. The van der Waals surface area contributed by atoms with Gasteiger partial charge in [0.25, 0.3) is 0 Å². The normalized spacial score (nSPS) is 19.9. The smallest absolute Gasteiger partial charge is 0.232 e. The van der Waals surface area contributed by atoms with Crippen LogP contribution in [-0.2, 0) is 9.59 Å². The maximum absolute atomic E-state index is 13.2. The van der Waals surface area contributed by atoms with Gasteiger partial charge in [-0.1, -0.05) is 35.9 Å². The number of Topliss-reactive ketones (excluding diaryl/α,β-unsaturated/α-hetero) is 1. The lowest BCUT2D eigenvalue weighted by Crippen LogP contribution is -2.40. The van der Waals surface area contributed by atoms with Gasteiger partial charge in [-0.2, -0.15) is 0 Å². The Bertz CT molecular complexity index is 927. The van der Waals surface area contributed by atoms with Crippen molar-refractivity contribution < 1.29 is 14.3 Å². The highest BCUT2D eigenvalue weighted by Gasteiger charge is 2.40. The van der Waals surface area contributed by atoms with Gasteiger partial charge in [0.2, 0.25) is 5.91 Å². The Balaban J connectivity index is 1.87. The lowest BCUT2D eigenvalue weighted by Gasteiger charge is -2.38. The molecule has 1 aliphatic heterocycles. The first-order valence-corrected chi connectivity index (χ1v) is 9.39. The van der Waals surface area contributed by atoms with Crippen LogP contribution < -0.4 is 9.64 Å². The lowest BCUT2D eigenvalue weighted by molar-refractivity contribution is -0.119. The molecule has 1 amide bonds. The molecule has 0 saturated carbocycles. The van der Waals surface area contributed by atoms with Gasteiger partial charge in [-0.15, -0.1) is 0 Å². The van der Waals surface area contributed by atoms with E-state index in [0.29, 0.717) is 6.42 Å². The summed E-state index contributed by atoms with van der Waals surface area (Å²) in [5, 5.41) is 0. The fourth-order valence-corrected chi connectivity index (χ4v) is 4.21. The van der Waals surface area contributed by atoms with E-state index in [0.717, 1.165) is 46.7 Å². The van der Waals surface area contributed by atoms with E-state index in [1.807, 2.05) is 55.5 Å². The summed E-state index contributed by atoms with van der Waals surface area (Å²) >= 11 is 0. The van der Waals surface area contributed by atoms with Crippen molar-refractivity contribution >= 4 is 17.4 Å². The Hall–Kier alpha value is -2.88. The molecule has 0 spiro atoms. The van der Waals surface area contributed by atoms with Gasteiger partial charge in [0.15, 0.2) is 5.78 Å². The molecule has 0 fully saturated rings. The monoisotopic (exact) mass is 361 g/mol. The Morgan fingerprint density at radius 2 is 1.74 bits per heavy atom. The van der Waals surface area contributed by atoms with Gasteiger partial charge in [0, 0.05) is 41.3 Å². The van der Waals surface area contributed by atoms with Gasteiger partial charge in [0.1, 0.15) is 5.75 Å². The zero-order valence-electron chi connectivity index (χ0n) is 15.7. The number of aryl methyl sites for hydroxylation is 1. The zero-order chi connectivity index (χ0) is 19.0. The van der Waals surface area contributed by atoms with E-state index in [4.69, 9.17) is 4.74 Å². The van der Waals surface area contributed by atoms with E-state index in [1.54, 1.807) is 12.0 Å². The third-order valence-electron chi connectivity index (χ3n) is 5.48. The predicted octanol–water partition coefficient (Wildman–Crippen LogP) is 4.53. The Morgan fingerprint density at radius 1 is 1.00 bits per heavy atom. The molecule has 2 aliphatic rings. The Kier molecular flexibility index (Phi) is 4.56. The molecule has 4 rings (SSSR count). The molecule has 0 aromatic heterocycles. The maximum Gasteiger partial charge on any atom is 0.232 e. The predicted molar refractivity (Wildman–Crippen MR) is 105 cm³/mol. The number of ether oxygens (including phenoxy) is 1. The second-order valence-corrected chi connectivity index (χ2v) is 7.20. The van der Waals surface area contributed by atoms with Crippen molar-refractivity contribution in [2.24, 2.45) is 0 Å². The van der Waals surface area contributed by atoms with Gasteiger partial charge in [-0.25, -0.2) is 0 Å². The van der Waals surface area contributed by atoms with Crippen LogP contribution in [0, 0.1) is 6.92 Å². The van der Waals surface area contributed by atoms with Gasteiger partial charge in [0.05, 0.1) is 7.11 Å². The fourth-order valence-electron chi connectivity index (χ4n) is 4.21. The number of carbonyl (C=O) groups excluding carboxylic acids is 2. The van der Waals surface area contributed by atoms with Crippen LogP contribution in [0.5, 0.6) is 5.75 Å². The van der Waals surface area contributed by atoms with E-state index in [-0.39, 0.29) is 24.0 Å². The standard InChI is InChI=1S/C23H23NO3/c1-15-10-12-16(13-11-15)24-19-7-5-8-20(25)23(19)18(14-22(24)26)17-6-3-4-9-21(17)27-2/h3-4,6,9-13,18H,5,7-8,14H2,1-2H3. The van der Waals surface area contributed by atoms with Crippen LogP contribution in [0.3, 0.4) is 0 Å². The van der Waals surface area contributed by atoms with Crippen molar-refractivity contribution in [3.05, 3.63) is 70.9 Å². The molecule has 1 atom stereocenters. The molecule has 0 bridgehead atoms. The number of hydrogen-bond acceptors (Lipinski definition) is 3. The summed E-state index contributed by atoms with van der Waals surface area (Å²) in [6.45, 7) is 2.02. The topological polar surface area (TPSA) is 46.6 Å². The summed E-state index contributed by atoms with van der Waals surface area (Å²) < 4.78 is 5.51. The SMILES string of the molecule is COc1ccccc1C1CC(=O)N(c2ccc(C)cc2)C2=C1C(=O)CCC2. The van der Waals surface area contributed by atoms with Crippen LogP contribution >= 0.6 is 0 Å². The van der Waals surface area contributed by atoms with Crippen molar-refractivity contribution in [2.75, 3.05) is 12.0 Å². The third kappa shape index (κ3) is 3.05. The average Bonchev–Trinajstić information content (AvgIpc) is 2.68. The summed E-state index contributed by atoms with van der Waals surface area (Å²) in [6, 6.07) is 15.6. The Morgan fingerprint density at radius 3 is 2.48 bits per heavy atom. The number of carbonyl (C=O) groups is 2. The molecule has 1 heterocycles. The number of rotatable bonds is 3. The highest BCUT2D eigenvalue weighted by atomic mass is 16.5. The molecule has 4 nitrogen and oxygen atoms in total. The van der Waals surface area contributed by atoms with E-state index < -0.39 is 0 Å². The highest BCUT2D eigenvalue weighted by molar-refractivity contribution is 6.07. The average molecular weight is 361 g/mol. The summed E-state index contributed by atoms with van der Waals surface area (Å²) in [6.07, 6.45) is 2.34. The van der Waals surface area contributed by atoms with E-state index >= 15 is 0 Å². The van der Waals surface area contributed by atoms with Gasteiger partial charge in [-0.05, 0) is 38.0 Å². The summed E-state index contributed by atoms with van der Waals surface area (Å²) in [5.41, 5.74) is 4.54. The summed E-state index contributed by atoms with van der Waals surface area (Å²) in [5.74, 6) is 0.669. The minimum absolute atomic E-state index is 0.0307. The van der Waals surface area contributed by atoms with Crippen LogP contribution in [0.4, 0.5) is 5.69 Å². The van der Waals surface area contributed by atoms with Crippen molar-refractivity contribution in [1.82, 2.24) is 0 Å². The molecular formula is C23H23NO3. The van der Waals surface area contributed by atoms with Gasteiger partial charge in [-0.3, -0.25) is 14.5 Å². The number of para-hydroxylation sites is 1. The van der Waals surface area contributed by atoms with Crippen LogP contribution in [0.2, 0.25) is 0 Å². The van der Waals surface area contributed by atoms with Crippen LogP contribution in [0.25, 0.3) is 0 Å². The minimum atomic E-state index is -0.238. The molecule has 4 heteroatoms. The molecule has 2 aromatic rings. The first kappa shape index (κ1) is 17.5. The zero-order valence-corrected chi connectivity index (χ0v) is 15.7. The number of hydrogen-bond donors (Lipinski definition) is 0. The minimum Gasteiger partial charge on any atom is -0.496 e. The Labute approximate surface area is 159 Å². The number of anilines is 1. The number of nitrogens with zero attached hydrogens (tertiary/aromatic N) is 1. The number of ketones is 1. The number of methoxy groups -OCH3 is 1.